The molecule has 1 saturated heterocycles. The third-order valence-electron chi connectivity index (χ3n) is 5.28. The maximum atomic E-state index is 13.1. The van der Waals surface area contributed by atoms with Gasteiger partial charge in [0.1, 0.15) is 11.5 Å². The first-order valence-corrected chi connectivity index (χ1v) is 9.70. The van der Waals surface area contributed by atoms with Crippen LogP contribution in [0.4, 0.5) is 11.4 Å². The maximum Gasteiger partial charge on any atom is 0.300 e. The van der Waals surface area contributed by atoms with E-state index in [1.54, 1.807) is 49.4 Å². The van der Waals surface area contributed by atoms with Crippen molar-refractivity contribution in [1.29, 1.82) is 0 Å². The van der Waals surface area contributed by atoms with Crippen molar-refractivity contribution in [3.63, 3.8) is 0 Å². The molecule has 3 aromatic rings. The molecule has 0 spiro atoms. The van der Waals surface area contributed by atoms with E-state index >= 15 is 0 Å². The summed E-state index contributed by atoms with van der Waals surface area (Å²) in [5.41, 5.74) is 0.953. The molecule has 0 saturated carbocycles. The molecule has 2 N–H and O–H groups in total. The van der Waals surface area contributed by atoms with Crippen LogP contribution in [0.3, 0.4) is 0 Å². The summed E-state index contributed by atoms with van der Waals surface area (Å²) in [6.07, 6.45) is 0. The standard InChI is InChI=1S/C24H18N2O6/c1-14-10-11-19(27)18(12-14)25-21(15-6-3-2-4-7-15)20(23(29)24(25)30)22(28)16-8-5-9-17(13-16)26(31)32/h2-13,21,27-28H,1H3/b22-20-. The summed E-state index contributed by atoms with van der Waals surface area (Å²) < 4.78 is 0. The van der Waals surface area contributed by atoms with E-state index in [0.717, 1.165) is 16.5 Å². The number of hydrogen-bond donors (Lipinski definition) is 2. The van der Waals surface area contributed by atoms with Crippen LogP contribution in [0.25, 0.3) is 5.76 Å². The lowest BCUT2D eigenvalue weighted by atomic mass is 9.95. The van der Waals surface area contributed by atoms with E-state index < -0.39 is 28.4 Å². The van der Waals surface area contributed by atoms with Crippen molar-refractivity contribution < 1.29 is 24.7 Å². The monoisotopic (exact) mass is 430 g/mol. The molecule has 1 heterocycles. The van der Waals surface area contributed by atoms with Crippen molar-refractivity contribution in [2.24, 2.45) is 0 Å². The second kappa shape index (κ2) is 7.99. The molecule has 1 fully saturated rings. The number of amides is 1. The molecule has 0 aromatic heterocycles. The smallest absolute Gasteiger partial charge is 0.300 e. The summed E-state index contributed by atoms with van der Waals surface area (Å²) >= 11 is 0. The first kappa shape index (κ1) is 20.8. The summed E-state index contributed by atoms with van der Waals surface area (Å²) in [6.45, 7) is 1.78. The van der Waals surface area contributed by atoms with Gasteiger partial charge < -0.3 is 10.2 Å². The topological polar surface area (TPSA) is 121 Å². The molecule has 4 rings (SSSR count). The van der Waals surface area contributed by atoms with Gasteiger partial charge in [0.05, 0.1) is 22.2 Å². The van der Waals surface area contributed by atoms with Gasteiger partial charge in [-0.1, -0.05) is 48.5 Å². The number of nitro benzene ring substituents is 1. The number of aryl methyl sites for hydroxylation is 1. The van der Waals surface area contributed by atoms with Crippen LogP contribution in [0.5, 0.6) is 5.75 Å². The molecule has 32 heavy (non-hydrogen) atoms. The van der Waals surface area contributed by atoms with E-state index in [9.17, 15) is 29.9 Å². The van der Waals surface area contributed by atoms with E-state index in [2.05, 4.69) is 0 Å². The van der Waals surface area contributed by atoms with Crippen LogP contribution in [0.2, 0.25) is 0 Å². The number of carbonyl (C=O) groups excluding carboxylic acids is 2. The van der Waals surface area contributed by atoms with Gasteiger partial charge in [-0.25, -0.2) is 0 Å². The van der Waals surface area contributed by atoms with E-state index in [0.29, 0.717) is 5.56 Å². The quantitative estimate of drug-likeness (QED) is 0.210. The predicted molar refractivity (Wildman–Crippen MR) is 117 cm³/mol. The number of benzene rings is 3. The highest BCUT2D eigenvalue weighted by Crippen LogP contribution is 2.45. The Bertz CT molecular complexity index is 1280. The minimum atomic E-state index is -1.04. The SMILES string of the molecule is Cc1ccc(O)c(N2C(=O)C(=O)/C(=C(\O)c3cccc([N+](=O)[O-])c3)C2c2ccccc2)c1. The first-order valence-electron chi connectivity index (χ1n) is 9.70. The average Bonchev–Trinajstić information content (AvgIpc) is 3.06. The zero-order valence-corrected chi connectivity index (χ0v) is 16.9. The number of non-ortho nitro benzene ring substituents is 1. The third kappa shape index (κ3) is 3.47. The number of carbonyl (C=O) groups is 2. The van der Waals surface area contributed by atoms with Gasteiger partial charge in [-0.3, -0.25) is 24.6 Å². The summed E-state index contributed by atoms with van der Waals surface area (Å²) in [6, 6.07) is 17.4. The van der Waals surface area contributed by atoms with Crippen molar-refractivity contribution >= 4 is 28.8 Å². The number of hydrogen-bond acceptors (Lipinski definition) is 6. The van der Waals surface area contributed by atoms with E-state index in [1.807, 2.05) is 0 Å². The Hall–Kier alpha value is -4.46. The Morgan fingerprint density at radius 1 is 1.00 bits per heavy atom. The van der Waals surface area contributed by atoms with Crippen LogP contribution in [0, 0.1) is 17.0 Å². The second-order valence-electron chi connectivity index (χ2n) is 7.38. The largest absolute Gasteiger partial charge is 0.507 e. The highest BCUT2D eigenvalue weighted by molar-refractivity contribution is 6.51. The fraction of sp³-hybridized carbons (Fsp3) is 0.0833. The first-order chi connectivity index (χ1) is 15.3. The normalized spacial score (nSPS) is 17.5. The Morgan fingerprint density at radius 2 is 1.72 bits per heavy atom. The van der Waals surface area contributed by atoms with E-state index in [4.69, 9.17) is 0 Å². The lowest BCUT2D eigenvalue weighted by Crippen LogP contribution is -2.29. The van der Waals surface area contributed by atoms with E-state index in [1.165, 1.54) is 24.3 Å². The minimum absolute atomic E-state index is 0.0339. The third-order valence-corrected chi connectivity index (χ3v) is 5.28. The van der Waals surface area contributed by atoms with Crippen molar-refractivity contribution in [1.82, 2.24) is 0 Å². The van der Waals surface area contributed by atoms with Crippen molar-refractivity contribution in [3.05, 3.63) is 105 Å². The zero-order chi connectivity index (χ0) is 23.0. The fourth-order valence-electron chi connectivity index (χ4n) is 3.78. The minimum Gasteiger partial charge on any atom is -0.507 e. The predicted octanol–water partition coefficient (Wildman–Crippen LogP) is 4.24. The summed E-state index contributed by atoms with van der Waals surface area (Å²) in [4.78, 5) is 37.8. The van der Waals surface area contributed by atoms with Gasteiger partial charge in [0.25, 0.3) is 17.4 Å². The molecule has 1 aliphatic rings. The molecule has 1 amide bonds. The molecule has 8 heteroatoms. The van der Waals surface area contributed by atoms with Gasteiger partial charge in [0, 0.05) is 17.7 Å². The number of anilines is 1. The molecule has 8 nitrogen and oxygen atoms in total. The van der Waals surface area contributed by atoms with Crippen LogP contribution in [0.15, 0.2) is 78.4 Å². The Labute approximate surface area is 182 Å². The number of phenols is 1. The number of phenolic OH excluding ortho intramolecular Hbond substituents is 1. The Kier molecular flexibility index (Phi) is 5.19. The molecular weight excluding hydrogens is 412 g/mol. The molecule has 1 unspecified atom stereocenters. The number of nitrogens with zero attached hydrogens (tertiary/aromatic N) is 2. The average molecular weight is 430 g/mol. The van der Waals surface area contributed by atoms with Crippen LogP contribution in [-0.2, 0) is 9.59 Å². The number of ketones is 1. The number of aliphatic hydroxyl groups is 1. The molecule has 0 bridgehead atoms. The van der Waals surface area contributed by atoms with Gasteiger partial charge in [0.2, 0.25) is 0 Å². The summed E-state index contributed by atoms with van der Waals surface area (Å²) in [5.74, 6) is -2.61. The van der Waals surface area contributed by atoms with Gasteiger partial charge in [0.15, 0.2) is 0 Å². The van der Waals surface area contributed by atoms with Crippen molar-refractivity contribution in [3.8, 4) is 5.75 Å². The number of rotatable bonds is 4. The number of aromatic hydroxyl groups is 1. The molecule has 1 atom stereocenters. The van der Waals surface area contributed by atoms with E-state index in [-0.39, 0.29) is 28.3 Å². The number of nitro groups is 1. The fourth-order valence-corrected chi connectivity index (χ4v) is 3.78. The Balaban J connectivity index is 1.97. The molecule has 3 aromatic carbocycles. The summed E-state index contributed by atoms with van der Waals surface area (Å²) in [5, 5.41) is 32.6. The highest BCUT2D eigenvalue weighted by atomic mass is 16.6. The van der Waals surface area contributed by atoms with Crippen LogP contribution in [0.1, 0.15) is 22.7 Å². The summed E-state index contributed by atoms with van der Waals surface area (Å²) in [7, 11) is 0. The van der Waals surface area contributed by atoms with Gasteiger partial charge in [-0.2, -0.15) is 0 Å². The molecule has 0 radical (unpaired) electrons. The zero-order valence-electron chi connectivity index (χ0n) is 16.9. The van der Waals surface area contributed by atoms with Gasteiger partial charge in [-0.05, 0) is 30.2 Å². The second-order valence-corrected chi connectivity index (χ2v) is 7.38. The van der Waals surface area contributed by atoms with Crippen molar-refractivity contribution in [2.45, 2.75) is 13.0 Å². The molecular formula is C24H18N2O6. The van der Waals surface area contributed by atoms with Gasteiger partial charge in [-0.15, -0.1) is 0 Å². The lowest BCUT2D eigenvalue weighted by Gasteiger charge is -2.26. The molecule has 160 valence electrons. The molecule has 0 aliphatic carbocycles. The van der Waals surface area contributed by atoms with Gasteiger partial charge >= 0.3 is 0 Å². The number of Topliss-reactive ketones (excluding diaryl/α,β-unsaturated/α-hetero) is 1. The van der Waals surface area contributed by atoms with Crippen LogP contribution < -0.4 is 4.90 Å². The van der Waals surface area contributed by atoms with Crippen LogP contribution in [-0.4, -0.2) is 26.8 Å². The van der Waals surface area contributed by atoms with Crippen LogP contribution >= 0.6 is 0 Å². The number of aliphatic hydroxyl groups excluding tert-OH is 1. The lowest BCUT2D eigenvalue weighted by molar-refractivity contribution is -0.384. The highest BCUT2D eigenvalue weighted by Gasteiger charge is 2.47. The molecule has 1 aliphatic heterocycles. The Morgan fingerprint density at radius 3 is 2.41 bits per heavy atom. The van der Waals surface area contributed by atoms with Crippen molar-refractivity contribution in [2.75, 3.05) is 4.90 Å². The maximum absolute atomic E-state index is 13.1.